The number of halogens is 1. The Morgan fingerprint density at radius 2 is 1.96 bits per heavy atom. The molecule has 0 aliphatic heterocycles. The van der Waals surface area contributed by atoms with E-state index in [9.17, 15) is 14.9 Å². The zero-order chi connectivity index (χ0) is 16.9. The number of carbonyl (C=O) groups is 2. The molecule has 0 saturated heterocycles. The zero-order valence-electron chi connectivity index (χ0n) is 13.0. The summed E-state index contributed by atoms with van der Waals surface area (Å²) in [4.78, 5) is 25.8. The topological polar surface area (TPSA) is 70.4 Å². The highest BCUT2D eigenvalue weighted by Crippen LogP contribution is 2.32. The molecule has 0 spiro atoms. The lowest BCUT2D eigenvalue weighted by atomic mass is 9.81. The van der Waals surface area contributed by atoms with Crippen molar-refractivity contribution in [2.24, 2.45) is 0 Å². The molecular weight excluding hydrogens is 360 g/mol. The minimum atomic E-state index is -0.769. The van der Waals surface area contributed by atoms with Gasteiger partial charge < -0.3 is 9.64 Å². The van der Waals surface area contributed by atoms with Crippen molar-refractivity contribution in [3.05, 3.63) is 34.3 Å². The van der Waals surface area contributed by atoms with Crippen molar-refractivity contribution in [1.29, 1.82) is 5.26 Å². The van der Waals surface area contributed by atoms with Gasteiger partial charge in [0.1, 0.15) is 5.54 Å². The molecule has 0 N–H and O–H groups in total. The molecule has 0 radical (unpaired) electrons. The molecule has 5 nitrogen and oxygen atoms in total. The fraction of sp³-hybridized carbons (Fsp3) is 0.471. The van der Waals surface area contributed by atoms with E-state index in [0.29, 0.717) is 22.9 Å². The van der Waals surface area contributed by atoms with Gasteiger partial charge in [-0.3, -0.25) is 4.79 Å². The lowest BCUT2D eigenvalue weighted by Gasteiger charge is -2.38. The fourth-order valence-electron chi connectivity index (χ4n) is 2.83. The van der Waals surface area contributed by atoms with Gasteiger partial charge in [-0.2, -0.15) is 5.26 Å². The highest BCUT2D eigenvalue weighted by molar-refractivity contribution is 9.10. The van der Waals surface area contributed by atoms with Crippen LogP contribution < -0.4 is 0 Å². The van der Waals surface area contributed by atoms with E-state index in [0.717, 1.165) is 19.3 Å². The van der Waals surface area contributed by atoms with Crippen molar-refractivity contribution in [2.75, 3.05) is 13.7 Å². The first-order valence-corrected chi connectivity index (χ1v) is 8.39. The van der Waals surface area contributed by atoms with Crippen LogP contribution in [0.2, 0.25) is 0 Å². The SMILES string of the molecule is CN(C(=O)COC(=O)c1ccccc1Br)C1(C#N)CCCCC1. The molecule has 1 aliphatic rings. The molecule has 1 saturated carbocycles. The molecule has 122 valence electrons. The molecule has 2 rings (SSSR count). The Bertz CT molecular complexity index is 633. The number of benzene rings is 1. The Morgan fingerprint density at radius 3 is 2.57 bits per heavy atom. The summed E-state index contributed by atoms with van der Waals surface area (Å²) in [7, 11) is 1.61. The molecule has 1 fully saturated rings. The standard InChI is InChI=1S/C17H19BrN2O3/c1-20(17(12-19)9-5-2-6-10-17)15(21)11-23-16(22)13-7-3-4-8-14(13)18/h3-4,7-8H,2,5-6,9-11H2,1H3. The van der Waals surface area contributed by atoms with Crippen LogP contribution in [0.1, 0.15) is 42.5 Å². The molecule has 6 heteroatoms. The zero-order valence-corrected chi connectivity index (χ0v) is 14.6. The number of rotatable bonds is 4. The second-order valence-corrected chi connectivity index (χ2v) is 6.57. The summed E-state index contributed by atoms with van der Waals surface area (Å²) in [5.74, 6) is -0.914. The van der Waals surface area contributed by atoms with Crippen LogP contribution in [0, 0.1) is 11.3 Å². The van der Waals surface area contributed by atoms with Gasteiger partial charge in [0.2, 0.25) is 0 Å². The molecule has 0 unspecified atom stereocenters. The highest BCUT2D eigenvalue weighted by Gasteiger charge is 2.39. The summed E-state index contributed by atoms with van der Waals surface area (Å²) in [5.41, 5.74) is -0.398. The van der Waals surface area contributed by atoms with Gasteiger partial charge >= 0.3 is 5.97 Å². The molecule has 0 aromatic heterocycles. The van der Waals surface area contributed by atoms with Crippen LogP contribution in [0.15, 0.2) is 28.7 Å². The Balaban J connectivity index is 1.98. The van der Waals surface area contributed by atoms with Gasteiger partial charge in [-0.1, -0.05) is 31.4 Å². The Kier molecular flexibility index (Phi) is 5.78. The Morgan fingerprint density at radius 1 is 1.30 bits per heavy atom. The van der Waals surface area contributed by atoms with Gasteiger partial charge in [-0.05, 0) is 40.9 Å². The van der Waals surface area contributed by atoms with E-state index in [1.165, 1.54) is 4.90 Å². The lowest BCUT2D eigenvalue weighted by Crippen LogP contribution is -2.51. The summed E-state index contributed by atoms with van der Waals surface area (Å²) in [6.07, 6.45) is 4.29. The number of likely N-dealkylation sites (N-methyl/N-ethyl adjacent to an activating group) is 1. The van der Waals surface area contributed by atoms with Crippen LogP contribution in [0.3, 0.4) is 0 Å². The largest absolute Gasteiger partial charge is 0.452 e. The minimum Gasteiger partial charge on any atom is -0.452 e. The third kappa shape index (κ3) is 3.91. The molecule has 0 bridgehead atoms. The van der Waals surface area contributed by atoms with Crippen LogP contribution in [0.5, 0.6) is 0 Å². The predicted molar refractivity (Wildman–Crippen MR) is 88.6 cm³/mol. The molecule has 0 heterocycles. The number of nitriles is 1. The molecule has 1 aliphatic carbocycles. The summed E-state index contributed by atoms with van der Waals surface area (Å²) in [6, 6.07) is 9.16. The van der Waals surface area contributed by atoms with E-state index in [1.54, 1.807) is 31.3 Å². The van der Waals surface area contributed by atoms with E-state index in [4.69, 9.17) is 4.74 Å². The normalized spacial score (nSPS) is 16.2. The van der Waals surface area contributed by atoms with Crippen LogP contribution in [-0.2, 0) is 9.53 Å². The van der Waals surface area contributed by atoms with Gasteiger partial charge in [0.05, 0.1) is 11.6 Å². The van der Waals surface area contributed by atoms with Gasteiger partial charge in [0, 0.05) is 11.5 Å². The van der Waals surface area contributed by atoms with Crippen molar-refractivity contribution in [3.8, 4) is 6.07 Å². The quantitative estimate of drug-likeness (QED) is 0.753. The third-order valence-electron chi connectivity index (χ3n) is 4.33. The average molecular weight is 379 g/mol. The Labute approximate surface area is 144 Å². The van der Waals surface area contributed by atoms with Crippen LogP contribution in [-0.4, -0.2) is 36.0 Å². The molecule has 1 amide bonds. The monoisotopic (exact) mass is 378 g/mol. The van der Waals surface area contributed by atoms with E-state index in [2.05, 4.69) is 22.0 Å². The first-order chi connectivity index (χ1) is 11.0. The highest BCUT2D eigenvalue weighted by atomic mass is 79.9. The predicted octanol–water partition coefficient (Wildman–Crippen LogP) is 3.29. The van der Waals surface area contributed by atoms with Gasteiger partial charge in [0.15, 0.2) is 6.61 Å². The summed E-state index contributed by atoms with van der Waals surface area (Å²) >= 11 is 3.28. The fourth-order valence-corrected chi connectivity index (χ4v) is 3.27. The number of nitrogens with zero attached hydrogens (tertiary/aromatic N) is 2. The summed E-state index contributed by atoms with van der Waals surface area (Å²) in [6.45, 7) is -0.361. The minimum absolute atomic E-state index is 0.353. The van der Waals surface area contributed by atoms with Gasteiger partial charge in [-0.25, -0.2) is 4.79 Å². The number of hydrogen-bond donors (Lipinski definition) is 0. The van der Waals surface area contributed by atoms with Crippen molar-refractivity contribution < 1.29 is 14.3 Å². The van der Waals surface area contributed by atoms with Crippen molar-refractivity contribution >= 4 is 27.8 Å². The average Bonchev–Trinajstić information content (AvgIpc) is 2.59. The number of amides is 1. The van der Waals surface area contributed by atoms with Crippen LogP contribution in [0.4, 0.5) is 0 Å². The van der Waals surface area contributed by atoms with Gasteiger partial charge in [0.25, 0.3) is 5.91 Å². The summed E-state index contributed by atoms with van der Waals surface area (Å²) in [5, 5.41) is 9.49. The number of hydrogen-bond acceptors (Lipinski definition) is 4. The van der Waals surface area contributed by atoms with E-state index in [1.807, 2.05) is 0 Å². The smallest absolute Gasteiger partial charge is 0.339 e. The maximum Gasteiger partial charge on any atom is 0.339 e. The first-order valence-electron chi connectivity index (χ1n) is 7.60. The second-order valence-electron chi connectivity index (χ2n) is 5.71. The first kappa shape index (κ1) is 17.5. The Hall–Kier alpha value is -1.87. The van der Waals surface area contributed by atoms with E-state index in [-0.39, 0.29) is 12.5 Å². The molecule has 23 heavy (non-hydrogen) atoms. The second kappa shape index (κ2) is 7.60. The van der Waals surface area contributed by atoms with Crippen molar-refractivity contribution in [2.45, 2.75) is 37.6 Å². The van der Waals surface area contributed by atoms with Crippen molar-refractivity contribution in [1.82, 2.24) is 4.90 Å². The van der Waals surface area contributed by atoms with Gasteiger partial charge in [-0.15, -0.1) is 0 Å². The van der Waals surface area contributed by atoms with Crippen LogP contribution >= 0.6 is 15.9 Å². The summed E-state index contributed by atoms with van der Waals surface area (Å²) < 4.78 is 5.72. The molecule has 0 atom stereocenters. The third-order valence-corrected chi connectivity index (χ3v) is 5.02. The molecular formula is C17H19BrN2O3. The number of esters is 1. The molecule has 1 aromatic carbocycles. The van der Waals surface area contributed by atoms with E-state index < -0.39 is 11.5 Å². The molecule has 1 aromatic rings. The number of carbonyl (C=O) groups excluding carboxylic acids is 2. The van der Waals surface area contributed by atoms with Crippen molar-refractivity contribution in [3.63, 3.8) is 0 Å². The maximum atomic E-state index is 12.3. The lowest BCUT2D eigenvalue weighted by molar-refractivity contribution is -0.138. The maximum absolute atomic E-state index is 12.3. The van der Waals surface area contributed by atoms with Crippen LogP contribution in [0.25, 0.3) is 0 Å². The van der Waals surface area contributed by atoms with E-state index >= 15 is 0 Å². The number of ether oxygens (including phenoxy) is 1.